The van der Waals surface area contributed by atoms with Crippen LogP contribution in [0.4, 0.5) is 29.3 Å². The number of alkyl halides is 3. The Kier molecular flexibility index (Phi) is 13.6. The van der Waals surface area contributed by atoms with Crippen molar-refractivity contribution >= 4 is 47.0 Å². The van der Waals surface area contributed by atoms with Crippen LogP contribution in [0.3, 0.4) is 0 Å². The monoisotopic (exact) mass is 791 g/mol. The van der Waals surface area contributed by atoms with Crippen LogP contribution in [0.2, 0.25) is 0 Å². The Morgan fingerprint density at radius 1 is 0.875 bits per heavy atom. The number of rotatable bonds is 13. The highest BCUT2D eigenvalue weighted by atomic mass is 32.2. The van der Waals surface area contributed by atoms with Crippen molar-refractivity contribution in [2.75, 3.05) is 29.1 Å². The average molecular weight is 792 g/mol. The third kappa shape index (κ3) is 12.0. The molecule has 0 radical (unpaired) electrons. The third-order valence-electron chi connectivity index (χ3n) is 8.71. The molecule has 296 valence electrons. The minimum absolute atomic E-state index is 0.0626. The van der Waals surface area contributed by atoms with Crippen LogP contribution < -0.4 is 20.9 Å². The third-order valence-corrected chi connectivity index (χ3v) is 9.82. The number of carboxylic acids is 1. The van der Waals surface area contributed by atoms with Gasteiger partial charge in [-0.2, -0.15) is 24.9 Å². The summed E-state index contributed by atoms with van der Waals surface area (Å²) in [5.74, 6) is -1.69. The Morgan fingerprint density at radius 3 is 2.30 bits per heavy atom. The molecule has 15 heteroatoms. The molecular weight excluding hydrogens is 748 g/mol. The number of thioether (sulfide) groups is 1. The lowest BCUT2D eigenvalue weighted by atomic mass is 10.0. The van der Waals surface area contributed by atoms with Crippen LogP contribution in [0.5, 0.6) is 0 Å². The van der Waals surface area contributed by atoms with Gasteiger partial charge in [0.15, 0.2) is 0 Å². The number of ether oxygens (including phenoxy) is 1. The predicted molar refractivity (Wildman–Crippen MR) is 210 cm³/mol. The average Bonchev–Trinajstić information content (AvgIpc) is 3.16. The van der Waals surface area contributed by atoms with E-state index in [4.69, 9.17) is 4.74 Å². The van der Waals surface area contributed by atoms with Crippen LogP contribution in [0.1, 0.15) is 77.4 Å². The lowest BCUT2D eigenvalue weighted by Crippen LogP contribution is -2.44. The van der Waals surface area contributed by atoms with Crippen molar-refractivity contribution in [2.45, 2.75) is 70.2 Å². The zero-order chi connectivity index (χ0) is 40.5. The van der Waals surface area contributed by atoms with E-state index in [2.05, 4.69) is 25.8 Å². The van der Waals surface area contributed by atoms with Crippen molar-refractivity contribution in [1.82, 2.24) is 15.6 Å². The molecule has 5 rings (SSSR count). The number of carboxylic acid groups (broad SMARTS) is 1. The maximum Gasteiger partial charge on any atom is 0.416 e. The van der Waals surface area contributed by atoms with Crippen molar-refractivity contribution in [1.29, 1.82) is 0 Å². The van der Waals surface area contributed by atoms with Gasteiger partial charge in [0.2, 0.25) is 0 Å². The summed E-state index contributed by atoms with van der Waals surface area (Å²) >= 11 is 1.28. The number of aromatic nitrogens is 1. The van der Waals surface area contributed by atoms with E-state index in [0.717, 1.165) is 55.7 Å². The van der Waals surface area contributed by atoms with Crippen molar-refractivity contribution in [3.05, 3.63) is 113 Å². The first kappa shape index (κ1) is 41.6. The fraction of sp³-hybridized carbons (Fsp3) is 0.341. The molecule has 3 amide bonds. The van der Waals surface area contributed by atoms with E-state index in [0.29, 0.717) is 33.8 Å². The molecule has 11 nitrogen and oxygen atoms in total. The first-order valence-corrected chi connectivity index (χ1v) is 19.2. The van der Waals surface area contributed by atoms with Gasteiger partial charge in [-0.1, -0.05) is 24.3 Å². The minimum atomic E-state index is -4.51. The fourth-order valence-electron chi connectivity index (χ4n) is 5.98. The molecule has 1 atom stereocenters. The number of alkyl carbamates (subject to hydrolysis) is 1. The molecule has 0 spiro atoms. The summed E-state index contributed by atoms with van der Waals surface area (Å²) in [7, 11) is 0. The summed E-state index contributed by atoms with van der Waals surface area (Å²) in [5.41, 5.74) is 2.41. The van der Waals surface area contributed by atoms with Gasteiger partial charge in [0.05, 0.1) is 16.9 Å². The number of carbonyl (C=O) groups is 4. The van der Waals surface area contributed by atoms with E-state index in [-0.39, 0.29) is 17.9 Å². The van der Waals surface area contributed by atoms with E-state index in [1.807, 2.05) is 18.2 Å². The number of nitrogens with zero attached hydrogens (tertiary/aromatic N) is 2. The lowest BCUT2D eigenvalue weighted by Gasteiger charge is -2.29. The summed E-state index contributed by atoms with van der Waals surface area (Å²) in [6, 6.07) is 19.2. The van der Waals surface area contributed by atoms with E-state index >= 15 is 0 Å². The van der Waals surface area contributed by atoms with Crippen LogP contribution in [-0.4, -0.2) is 64.5 Å². The quantitative estimate of drug-likeness (QED) is 0.105. The Labute approximate surface area is 327 Å². The molecule has 56 heavy (non-hydrogen) atoms. The highest BCUT2D eigenvalue weighted by Gasteiger charge is 2.30. The number of hydrogen-bond donors (Lipinski definition) is 4. The van der Waals surface area contributed by atoms with Crippen molar-refractivity contribution in [3.8, 4) is 11.3 Å². The SMILES string of the molecule is CC(C)(C)OC(=O)N[C@@H](CSCc1cccc(C(=O)Nc2ccc(N3CCCCC3)cc2-c2cc(C(=O)NCc3cccc(C(F)(F)F)c3)ccn2)c1)C(=O)O. The molecule has 0 bridgehead atoms. The predicted octanol–water partition coefficient (Wildman–Crippen LogP) is 8.15. The van der Waals surface area contributed by atoms with Crippen molar-refractivity contribution in [3.63, 3.8) is 0 Å². The second kappa shape index (κ2) is 18.4. The molecule has 0 aliphatic carbocycles. The number of carbonyl (C=O) groups excluding carboxylic acids is 3. The van der Waals surface area contributed by atoms with Crippen LogP contribution in [0.15, 0.2) is 85.1 Å². The summed E-state index contributed by atoms with van der Waals surface area (Å²) in [4.78, 5) is 57.6. The molecule has 1 aromatic heterocycles. The largest absolute Gasteiger partial charge is 0.480 e. The Balaban J connectivity index is 1.31. The number of piperidine rings is 1. The normalized spacial score (nSPS) is 13.7. The zero-order valence-electron chi connectivity index (χ0n) is 31.2. The van der Waals surface area contributed by atoms with Gasteiger partial charge < -0.3 is 30.7 Å². The molecular formula is C41H44F3N5O6S. The van der Waals surface area contributed by atoms with Gasteiger partial charge in [0.25, 0.3) is 11.8 Å². The smallest absolute Gasteiger partial charge is 0.416 e. The first-order valence-electron chi connectivity index (χ1n) is 18.1. The van der Waals surface area contributed by atoms with Gasteiger partial charge in [-0.05, 0) is 106 Å². The van der Waals surface area contributed by atoms with Crippen molar-refractivity contribution in [2.24, 2.45) is 0 Å². The molecule has 4 aromatic rings. The molecule has 4 N–H and O–H groups in total. The molecule has 0 saturated carbocycles. The molecule has 3 aromatic carbocycles. The Bertz CT molecular complexity index is 2050. The lowest BCUT2D eigenvalue weighted by molar-refractivity contribution is -0.139. The standard InChI is InChI=1S/C41H44F3N5O6S/c1-40(2,3)55-39(54)48-35(38(52)53)25-56-24-27-10-7-11-28(19-27)37(51)47-33-14-13-31(49-17-5-4-6-18-49)22-32(33)34-21-29(15-16-45-34)36(50)46-23-26-9-8-12-30(20-26)41(42,43)44/h7-16,19-22,35H,4-6,17-18,23-25H2,1-3H3,(H,46,50)(H,47,51)(H,48,54)(H,52,53)/t35-/m0/s1. The van der Waals surface area contributed by atoms with Crippen LogP contribution >= 0.6 is 11.8 Å². The number of benzene rings is 3. The van der Waals surface area contributed by atoms with Gasteiger partial charge in [-0.3, -0.25) is 14.6 Å². The highest BCUT2D eigenvalue weighted by Crippen LogP contribution is 2.34. The minimum Gasteiger partial charge on any atom is -0.480 e. The van der Waals surface area contributed by atoms with E-state index in [1.165, 1.54) is 36.2 Å². The second-order valence-electron chi connectivity index (χ2n) is 14.3. The van der Waals surface area contributed by atoms with Gasteiger partial charge >= 0.3 is 18.2 Å². The van der Waals surface area contributed by atoms with E-state index < -0.39 is 47.3 Å². The maximum atomic E-state index is 13.7. The molecule has 1 aliphatic rings. The Hall–Kier alpha value is -5.57. The molecule has 1 fully saturated rings. The number of hydrogen-bond acceptors (Lipinski definition) is 8. The first-order chi connectivity index (χ1) is 26.6. The number of pyridine rings is 1. The van der Waals surface area contributed by atoms with E-state index in [1.54, 1.807) is 51.1 Å². The number of amides is 3. The Morgan fingerprint density at radius 2 is 1.59 bits per heavy atom. The number of anilines is 2. The van der Waals surface area contributed by atoms with Gasteiger partial charge in [0.1, 0.15) is 11.6 Å². The van der Waals surface area contributed by atoms with Gasteiger partial charge in [0, 0.05) is 59.7 Å². The number of nitrogens with one attached hydrogen (secondary N) is 3. The summed E-state index contributed by atoms with van der Waals surface area (Å²) < 4.78 is 44.8. The van der Waals surface area contributed by atoms with Crippen molar-refractivity contribution < 1.29 is 42.2 Å². The highest BCUT2D eigenvalue weighted by molar-refractivity contribution is 7.98. The van der Waals surface area contributed by atoms with Gasteiger partial charge in [-0.15, -0.1) is 0 Å². The summed E-state index contributed by atoms with van der Waals surface area (Å²) in [5, 5.41) is 17.7. The fourth-order valence-corrected chi connectivity index (χ4v) is 6.97. The molecule has 1 aliphatic heterocycles. The maximum absolute atomic E-state index is 13.7. The molecule has 0 unspecified atom stereocenters. The summed E-state index contributed by atoms with van der Waals surface area (Å²) in [6.45, 7) is 6.66. The number of halogens is 3. The van der Waals surface area contributed by atoms with Crippen LogP contribution in [-0.2, 0) is 28.0 Å². The molecule has 2 heterocycles. The number of aliphatic carboxylic acids is 1. The van der Waals surface area contributed by atoms with Crippen LogP contribution in [0.25, 0.3) is 11.3 Å². The zero-order valence-corrected chi connectivity index (χ0v) is 32.1. The topological polar surface area (TPSA) is 150 Å². The molecule has 1 saturated heterocycles. The van der Waals surface area contributed by atoms with Crippen LogP contribution in [0, 0.1) is 0 Å². The van der Waals surface area contributed by atoms with E-state index in [9.17, 15) is 37.5 Å². The summed E-state index contributed by atoms with van der Waals surface area (Å²) in [6.07, 6.45) is -0.649. The second-order valence-corrected chi connectivity index (χ2v) is 15.3. The van der Waals surface area contributed by atoms with Gasteiger partial charge in [-0.25, -0.2) is 9.59 Å².